The van der Waals surface area contributed by atoms with Gasteiger partial charge in [-0.25, -0.2) is 13.2 Å². The highest BCUT2D eigenvalue weighted by atomic mass is 35.5. The molecule has 0 aromatic heterocycles. The molecule has 0 aliphatic carbocycles. The van der Waals surface area contributed by atoms with E-state index < -0.39 is 21.9 Å². The fourth-order valence-electron chi connectivity index (χ4n) is 2.91. The van der Waals surface area contributed by atoms with E-state index in [2.05, 4.69) is 10.0 Å². The third-order valence-electron chi connectivity index (χ3n) is 4.38. The molecule has 0 aliphatic heterocycles. The van der Waals surface area contributed by atoms with Gasteiger partial charge in [0.05, 0.1) is 17.2 Å². The van der Waals surface area contributed by atoms with E-state index in [0.717, 1.165) is 5.56 Å². The zero-order valence-corrected chi connectivity index (χ0v) is 19.0. The van der Waals surface area contributed by atoms with Gasteiger partial charge in [0.1, 0.15) is 4.90 Å². The molecule has 9 heteroatoms. The van der Waals surface area contributed by atoms with E-state index in [0.29, 0.717) is 11.4 Å². The van der Waals surface area contributed by atoms with E-state index >= 15 is 0 Å². The molecule has 2 N–H and O–H groups in total. The predicted octanol–water partition coefficient (Wildman–Crippen LogP) is 4.88. The van der Waals surface area contributed by atoms with Crippen molar-refractivity contribution in [3.63, 3.8) is 0 Å². The van der Waals surface area contributed by atoms with Crippen LogP contribution < -0.4 is 10.0 Å². The Bertz CT molecular complexity index is 1270. The Morgan fingerprint density at radius 1 is 0.938 bits per heavy atom. The molecule has 0 bridgehead atoms. The molecule has 3 aromatic rings. The molecule has 0 radical (unpaired) electrons. The largest absolute Gasteiger partial charge is 0.462 e. The highest BCUT2D eigenvalue weighted by Gasteiger charge is 2.21. The van der Waals surface area contributed by atoms with Crippen molar-refractivity contribution in [3.05, 3.63) is 88.4 Å². The summed E-state index contributed by atoms with van der Waals surface area (Å²) in [6.07, 6.45) is 0. The minimum absolute atomic E-state index is 0.0222. The Morgan fingerprint density at radius 2 is 1.66 bits per heavy atom. The fourth-order valence-corrected chi connectivity index (χ4v) is 4.49. The normalized spacial score (nSPS) is 11.0. The van der Waals surface area contributed by atoms with Crippen molar-refractivity contribution >= 4 is 44.9 Å². The Labute approximate surface area is 191 Å². The van der Waals surface area contributed by atoms with Crippen LogP contribution in [0.3, 0.4) is 0 Å². The van der Waals surface area contributed by atoms with Gasteiger partial charge < -0.3 is 10.1 Å². The van der Waals surface area contributed by atoms with Crippen molar-refractivity contribution in [1.29, 1.82) is 0 Å². The minimum atomic E-state index is -4.04. The molecule has 0 saturated carbocycles. The van der Waals surface area contributed by atoms with Crippen LogP contribution in [0.15, 0.2) is 71.6 Å². The molecular formula is C23H21ClN2O5S. The monoisotopic (exact) mass is 472 g/mol. The van der Waals surface area contributed by atoms with Crippen LogP contribution in [0.5, 0.6) is 0 Å². The Hall–Kier alpha value is -3.36. The molecule has 3 aromatic carbocycles. The van der Waals surface area contributed by atoms with Crippen LogP contribution in [0.4, 0.5) is 11.4 Å². The average Bonchev–Trinajstić information content (AvgIpc) is 2.74. The standard InChI is InChI=1S/C23H21ClN2O5S/c1-3-31-23(28)17-7-5-8-18(13-17)25-22(27)16-10-11-20(24)21(14-16)32(29,30)26-19-9-4-6-15(2)12-19/h4-14,26H,3H2,1-2H3,(H,25,27). The molecule has 0 unspecified atom stereocenters. The number of carbonyl (C=O) groups is 2. The van der Waals surface area contributed by atoms with E-state index in [-0.39, 0.29) is 27.7 Å². The number of anilines is 2. The van der Waals surface area contributed by atoms with Gasteiger partial charge in [-0.3, -0.25) is 9.52 Å². The van der Waals surface area contributed by atoms with Crippen LogP contribution in [-0.2, 0) is 14.8 Å². The molecule has 0 aliphatic rings. The maximum atomic E-state index is 12.9. The van der Waals surface area contributed by atoms with Gasteiger partial charge in [0.2, 0.25) is 0 Å². The summed E-state index contributed by atoms with van der Waals surface area (Å²) in [6, 6.07) is 17.1. The van der Waals surface area contributed by atoms with E-state index in [4.69, 9.17) is 16.3 Å². The number of halogens is 1. The van der Waals surface area contributed by atoms with Crippen LogP contribution in [0.25, 0.3) is 0 Å². The summed E-state index contributed by atoms with van der Waals surface area (Å²) in [5.74, 6) is -1.07. The van der Waals surface area contributed by atoms with Gasteiger partial charge in [-0.05, 0) is 67.9 Å². The molecule has 1 amide bonds. The molecule has 32 heavy (non-hydrogen) atoms. The average molecular weight is 473 g/mol. The van der Waals surface area contributed by atoms with Gasteiger partial charge >= 0.3 is 5.97 Å². The number of hydrogen-bond acceptors (Lipinski definition) is 5. The molecule has 0 fully saturated rings. The summed E-state index contributed by atoms with van der Waals surface area (Å²) in [4.78, 5) is 24.4. The van der Waals surface area contributed by atoms with Gasteiger partial charge in [0, 0.05) is 16.9 Å². The minimum Gasteiger partial charge on any atom is -0.462 e. The summed E-state index contributed by atoms with van der Waals surface area (Å²) in [5.41, 5.74) is 1.99. The lowest BCUT2D eigenvalue weighted by Gasteiger charge is -2.12. The first-order chi connectivity index (χ1) is 15.2. The second-order valence-corrected chi connectivity index (χ2v) is 8.93. The molecule has 166 valence electrons. The van der Waals surface area contributed by atoms with Gasteiger partial charge in [-0.1, -0.05) is 29.8 Å². The molecule has 0 atom stereocenters. The number of ether oxygens (including phenoxy) is 1. The van der Waals surface area contributed by atoms with Gasteiger partial charge in [-0.15, -0.1) is 0 Å². The lowest BCUT2D eigenvalue weighted by Crippen LogP contribution is -2.16. The summed E-state index contributed by atoms with van der Waals surface area (Å²) in [7, 11) is -4.04. The van der Waals surface area contributed by atoms with E-state index in [9.17, 15) is 18.0 Å². The number of sulfonamides is 1. The van der Waals surface area contributed by atoms with Crippen molar-refractivity contribution in [3.8, 4) is 0 Å². The first-order valence-corrected chi connectivity index (χ1v) is 11.5. The number of hydrogen-bond donors (Lipinski definition) is 2. The lowest BCUT2D eigenvalue weighted by atomic mass is 10.1. The second-order valence-electron chi connectivity index (χ2n) is 6.88. The smallest absolute Gasteiger partial charge is 0.338 e. The number of nitrogens with one attached hydrogen (secondary N) is 2. The van der Waals surface area contributed by atoms with Crippen LogP contribution in [0.2, 0.25) is 5.02 Å². The van der Waals surface area contributed by atoms with E-state index in [1.807, 2.05) is 13.0 Å². The second kappa shape index (κ2) is 9.84. The molecule has 3 rings (SSSR count). The van der Waals surface area contributed by atoms with Gasteiger partial charge in [-0.2, -0.15) is 0 Å². The summed E-state index contributed by atoms with van der Waals surface area (Å²) >= 11 is 6.13. The predicted molar refractivity (Wildman–Crippen MR) is 124 cm³/mol. The van der Waals surface area contributed by atoms with Crippen molar-refractivity contribution in [2.75, 3.05) is 16.6 Å². The zero-order valence-electron chi connectivity index (χ0n) is 17.4. The van der Waals surface area contributed by atoms with Crippen molar-refractivity contribution < 1.29 is 22.7 Å². The fraction of sp³-hybridized carbons (Fsp3) is 0.130. The van der Waals surface area contributed by atoms with Crippen LogP contribution in [-0.4, -0.2) is 26.9 Å². The Kier molecular flexibility index (Phi) is 7.17. The van der Waals surface area contributed by atoms with Crippen LogP contribution in [0.1, 0.15) is 33.2 Å². The maximum absolute atomic E-state index is 12.9. The molecular weight excluding hydrogens is 452 g/mol. The summed E-state index contributed by atoms with van der Waals surface area (Å²) in [6.45, 7) is 3.77. The number of rotatable bonds is 7. The first-order valence-electron chi connectivity index (χ1n) is 9.67. The number of esters is 1. The molecule has 7 nitrogen and oxygen atoms in total. The molecule has 0 heterocycles. The van der Waals surface area contributed by atoms with Crippen molar-refractivity contribution in [2.45, 2.75) is 18.7 Å². The highest BCUT2D eigenvalue weighted by molar-refractivity contribution is 7.92. The molecule has 0 spiro atoms. The number of benzene rings is 3. The van der Waals surface area contributed by atoms with Crippen molar-refractivity contribution in [2.24, 2.45) is 0 Å². The Balaban J connectivity index is 1.84. The third-order valence-corrected chi connectivity index (χ3v) is 6.25. The highest BCUT2D eigenvalue weighted by Crippen LogP contribution is 2.26. The van der Waals surface area contributed by atoms with Crippen LogP contribution in [0, 0.1) is 6.92 Å². The SMILES string of the molecule is CCOC(=O)c1cccc(NC(=O)c2ccc(Cl)c(S(=O)(=O)Nc3cccc(C)c3)c2)c1. The Morgan fingerprint density at radius 3 is 2.38 bits per heavy atom. The van der Waals surface area contributed by atoms with Crippen LogP contribution >= 0.6 is 11.6 Å². The topological polar surface area (TPSA) is 102 Å². The van der Waals surface area contributed by atoms with E-state index in [1.165, 1.54) is 24.3 Å². The maximum Gasteiger partial charge on any atom is 0.338 e. The zero-order chi connectivity index (χ0) is 23.3. The van der Waals surface area contributed by atoms with Crippen molar-refractivity contribution in [1.82, 2.24) is 0 Å². The van der Waals surface area contributed by atoms with E-state index in [1.54, 1.807) is 43.3 Å². The summed E-state index contributed by atoms with van der Waals surface area (Å²) in [5, 5.41) is 2.62. The summed E-state index contributed by atoms with van der Waals surface area (Å²) < 4.78 is 33.2. The third kappa shape index (κ3) is 5.66. The quantitative estimate of drug-likeness (QED) is 0.477. The number of carbonyl (C=O) groups excluding carboxylic acids is 2. The number of aryl methyl sites for hydroxylation is 1. The molecule has 0 saturated heterocycles. The van der Waals surface area contributed by atoms with Gasteiger partial charge in [0.15, 0.2) is 0 Å². The van der Waals surface area contributed by atoms with Gasteiger partial charge in [0.25, 0.3) is 15.9 Å². The number of amides is 1. The first kappa shape index (κ1) is 23.3. The lowest BCUT2D eigenvalue weighted by molar-refractivity contribution is 0.0526.